The Balaban J connectivity index is 1.32. The van der Waals surface area contributed by atoms with Crippen LogP contribution in [0.25, 0.3) is 0 Å². The molecular formula is C31H42N2O6. The molecule has 3 aliphatic heterocycles. The maximum absolute atomic E-state index is 13.3. The molecule has 4 aliphatic carbocycles. The van der Waals surface area contributed by atoms with Gasteiger partial charge in [-0.25, -0.2) is 4.79 Å². The SMILES string of the molecule is Cc1cc(C(=O)OC(C)C2=CC[C@@]34OCCN(C)CC23CC(O)C23O[C@@]5(O)CC[C@@]2(C)[C@H](CC=C34)C5)c(C)[nH]1. The van der Waals surface area contributed by atoms with Gasteiger partial charge in [-0.2, -0.15) is 0 Å². The molecule has 4 unspecified atom stereocenters. The molecule has 4 bridgehead atoms. The summed E-state index contributed by atoms with van der Waals surface area (Å²) < 4.78 is 19.9. The van der Waals surface area contributed by atoms with Gasteiger partial charge in [0.15, 0.2) is 5.79 Å². The number of fused-ring (bicyclic) bond motifs is 1. The predicted molar refractivity (Wildman–Crippen MR) is 144 cm³/mol. The van der Waals surface area contributed by atoms with Crippen LogP contribution in [-0.4, -0.2) is 82.0 Å². The largest absolute Gasteiger partial charge is 0.454 e. The second-order valence-corrected chi connectivity index (χ2v) is 13.6. The number of aromatic nitrogens is 1. The summed E-state index contributed by atoms with van der Waals surface area (Å²) in [6, 6.07) is 1.83. The van der Waals surface area contributed by atoms with Gasteiger partial charge >= 0.3 is 5.97 Å². The molecule has 1 spiro atoms. The first-order chi connectivity index (χ1) is 18.4. The number of likely N-dealkylation sites (N-methyl/N-ethyl adjacent to an activating group) is 1. The molecule has 8 atom stereocenters. The zero-order valence-corrected chi connectivity index (χ0v) is 23.8. The van der Waals surface area contributed by atoms with Crippen molar-refractivity contribution in [3.8, 4) is 0 Å². The average molecular weight is 539 g/mol. The van der Waals surface area contributed by atoms with Gasteiger partial charge in [-0.15, -0.1) is 0 Å². The molecule has 8 heteroatoms. The van der Waals surface area contributed by atoms with Crippen molar-refractivity contribution in [1.82, 2.24) is 9.88 Å². The van der Waals surface area contributed by atoms with Crippen molar-refractivity contribution < 1.29 is 29.2 Å². The lowest BCUT2D eigenvalue weighted by Crippen LogP contribution is -2.79. The molecule has 0 aromatic carbocycles. The Morgan fingerprint density at radius 2 is 2.05 bits per heavy atom. The molecule has 1 aromatic heterocycles. The van der Waals surface area contributed by atoms with Crippen LogP contribution in [-0.2, 0) is 14.2 Å². The van der Waals surface area contributed by atoms with Gasteiger partial charge in [0.2, 0.25) is 0 Å². The van der Waals surface area contributed by atoms with E-state index in [1.165, 1.54) is 0 Å². The lowest BCUT2D eigenvalue weighted by Gasteiger charge is -2.73. The highest BCUT2D eigenvalue weighted by molar-refractivity contribution is 5.91. The normalized spacial score (nSPS) is 45.4. The van der Waals surface area contributed by atoms with E-state index in [1.807, 2.05) is 26.8 Å². The molecule has 0 radical (unpaired) electrons. The first-order valence-electron chi connectivity index (χ1n) is 14.6. The van der Waals surface area contributed by atoms with Crippen molar-refractivity contribution in [3.05, 3.63) is 46.3 Å². The summed E-state index contributed by atoms with van der Waals surface area (Å²) >= 11 is 0. The summed E-state index contributed by atoms with van der Waals surface area (Å²) in [7, 11) is 2.10. The highest BCUT2D eigenvalue weighted by Gasteiger charge is 2.79. The fourth-order valence-corrected chi connectivity index (χ4v) is 9.83. The zero-order chi connectivity index (χ0) is 27.6. The van der Waals surface area contributed by atoms with E-state index < -0.39 is 34.6 Å². The number of hydrogen-bond acceptors (Lipinski definition) is 7. The third kappa shape index (κ3) is 3.10. The van der Waals surface area contributed by atoms with Crippen LogP contribution < -0.4 is 0 Å². The molecule has 3 saturated heterocycles. The fraction of sp³-hybridized carbons (Fsp3) is 0.710. The maximum Gasteiger partial charge on any atom is 0.340 e. The number of ether oxygens (including phenoxy) is 3. The minimum Gasteiger partial charge on any atom is -0.454 e. The number of carbonyl (C=O) groups is 1. The monoisotopic (exact) mass is 538 g/mol. The van der Waals surface area contributed by atoms with E-state index in [4.69, 9.17) is 14.2 Å². The van der Waals surface area contributed by atoms with Gasteiger partial charge in [0.25, 0.3) is 0 Å². The molecule has 0 amide bonds. The number of rotatable bonds is 3. The standard InChI is InChI=1S/C31H42N2O6/c1-18-14-22(19(2)32-18)26(35)38-20(3)23-8-9-30-24-7-6-21-15-29(36)11-10-27(21,4)31(24,39-29)25(34)16-28(23,30)17-33(5)12-13-37-30/h7-8,14,20-21,25,32,34,36H,6,9-13,15-17H2,1-5H3/t20?,21-,25?,27+,28?,29+,30+,31?/m1/s1. The molecule has 5 fully saturated rings. The quantitative estimate of drug-likeness (QED) is 0.399. The van der Waals surface area contributed by atoms with Crippen LogP contribution in [0.15, 0.2) is 29.4 Å². The zero-order valence-electron chi connectivity index (χ0n) is 23.8. The van der Waals surface area contributed by atoms with Crippen LogP contribution in [0.4, 0.5) is 0 Å². The number of nitrogens with zero attached hydrogens (tertiary/aromatic N) is 1. The van der Waals surface area contributed by atoms with Crippen molar-refractivity contribution in [2.45, 2.75) is 95.4 Å². The third-order valence-electron chi connectivity index (χ3n) is 11.5. The van der Waals surface area contributed by atoms with Crippen molar-refractivity contribution >= 4 is 5.97 Å². The number of esters is 1. The average Bonchev–Trinajstić information content (AvgIpc) is 3.31. The van der Waals surface area contributed by atoms with Gasteiger partial charge in [0.1, 0.15) is 17.3 Å². The molecule has 2 saturated carbocycles. The summed E-state index contributed by atoms with van der Waals surface area (Å²) in [5.74, 6) is -1.31. The second-order valence-electron chi connectivity index (χ2n) is 13.6. The topological polar surface area (TPSA) is 104 Å². The third-order valence-corrected chi connectivity index (χ3v) is 11.5. The van der Waals surface area contributed by atoms with Crippen LogP contribution in [0.1, 0.15) is 74.1 Å². The van der Waals surface area contributed by atoms with Gasteiger partial charge in [-0.05, 0) is 76.6 Å². The van der Waals surface area contributed by atoms with Crippen molar-refractivity contribution in [2.75, 3.05) is 26.7 Å². The molecular weight excluding hydrogens is 496 g/mol. The van der Waals surface area contributed by atoms with E-state index in [-0.39, 0.29) is 17.3 Å². The van der Waals surface area contributed by atoms with Crippen LogP contribution >= 0.6 is 0 Å². The van der Waals surface area contributed by atoms with E-state index in [0.29, 0.717) is 44.4 Å². The Kier molecular flexibility index (Phi) is 5.37. The number of aryl methyl sites for hydroxylation is 2. The van der Waals surface area contributed by atoms with Gasteiger partial charge in [0.05, 0.1) is 18.3 Å². The van der Waals surface area contributed by atoms with Crippen molar-refractivity contribution in [1.29, 1.82) is 0 Å². The predicted octanol–water partition coefficient (Wildman–Crippen LogP) is 3.55. The Hall–Kier alpha value is -1.97. The van der Waals surface area contributed by atoms with Crippen molar-refractivity contribution in [3.63, 3.8) is 0 Å². The smallest absolute Gasteiger partial charge is 0.340 e. The highest BCUT2D eigenvalue weighted by Crippen LogP contribution is 2.74. The minimum absolute atomic E-state index is 0.252. The summed E-state index contributed by atoms with van der Waals surface area (Å²) in [5.41, 5.74) is 1.68. The summed E-state index contributed by atoms with van der Waals surface area (Å²) in [6.45, 7) is 10.0. The number of aromatic amines is 1. The molecule has 1 aromatic rings. The molecule has 8 rings (SSSR count). The lowest BCUT2D eigenvalue weighted by molar-refractivity contribution is -0.401. The fourth-order valence-electron chi connectivity index (χ4n) is 9.83. The molecule has 39 heavy (non-hydrogen) atoms. The molecule has 212 valence electrons. The maximum atomic E-state index is 13.3. The van der Waals surface area contributed by atoms with E-state index in [1.54, 1.807) is 0 Å². The first-order valence-corrected chi connectivity index (χ1v) is 14.6. The van der Waals surface area contributed by atoms with Gasteiger partial charge in [0, 0.05) is 48.1 Å². The number of carbonyl (C=O) groups excluding carboxylic acids is 1. The number of aliphatic hydroxyl groups is 2. The summed E-state index contributed by atoms with van der Waals surface area (Å²) in [4.78, 5) is 18.7. The molecule has 4 heterocycles. The molecule has 3 N–H and O–H groups in total. The Labute approximate surface area is 230 Å². The Morgan fingerprint density at radius 3 is 2.79 bits per heavy atom. The summed E-state index contributed by atoms with van der Waals surface area (Å²) in [6.07, 6.45) is 7.06. The van der Waals surface area contributed by atoms with Crippen molar-refractivity contribution in [2.24, 2.45) is 16.7 Å². The first kappa shape index (κ1) is 26.0. The Bertz CT molecular complexity index is 1300. The van der Waals surface area contributed by atoms with Crippen LogP contribution in [0.3, 0.4) is 0 Å². The lowest BCUT2D eigenvalue weighted by atomic mass is 9.41. The molecule has 7 aliphatic rings. The number of H-pyrrole nitrogens is 1. The van der Waals surface area contributed by atoms with E-state index >= 15 is 0 Å². The number of allylic oxidation sites excluding steroid dienone is 1. The van der Waals surface area contributed by atoms with Crippen LogP contribution in [0, 0.1) is 30.6 Å². The number of hydrogen-bond donors (Lipinski definition) is 3. The highest BCUT2D eigenvalue weighted by atomic mass is 16.7. The van der Waals surface area contributed by atoms with Gasteiger partial charge in [-0.1, -0.05) is 19.1 Å². The van der Waals surface area contributed by atoms with E-state index in [2.05, 4.69) is 36.0 Å². The summed E-state index contributed by atoms with van der Waals surface area (Å²) in [5, 5.41) is 23.8. The second kappa shape index (κ2) is 8.07. The van der Waals surface area contributed by atoms with Crippen LogP contribution in [0.5, 0.6) is 0 Å². The minimum atomic E-state index is -1.22. The van der Waals surface area contributed by atoms with Crippen LogP contribution in [0.2, 0.25) is 0 Å². The molecule has 8 nitrogen and oxygen atoms in total. The number of nitrogens with one attached hydrogen (secondary N) is 1. The van der Waals surface area contributed by atoms with E-state index in [9.17, 15) is 15.0 Å². The van der Waals surface area contributed by atoms with E-state index in [0.717, 1.165) is 41.9 Å². The van der Waals surface area contributed by atoms with Gasteiger partial charge < -0.3 is 34.3 Å². The van der Waals surface area contributed by atoms with Gasteiger partial charge in [-0.3, -0.25) is 0 Å². The number of aliphatic hydroxyl groups excluding tert-OH is 1. The Morgan fingerprint density at radius 1 is 1.26 bits per heavy atom.